The van der Waals surface area contributed by atoms with Gasteiger partial charge in [0.05, 0.1) is 11.4 Å². The van der Waals surface area contributed by atoms with Crippen LogP contribution in [0.3, 0.4) is 0 Å². The summed E-state index contributed by atoms with van der Waals surface area (Å²) in [5.74, 6) is 0.801. The summed E-state index contributed by atoms with van der Waals surface area (Å²) in [4.78, 5) is 4.49. The Morgan fingerprint density at radius 3 is 2.63 bits per heavy atom. The van der Waals surface area contributed by atoms with E-state index in [0.717, 1.165) is 29.5 Å². The Hall–Kier alpha value is -1.83. The molecule has 1 heterocycles. The minimum atomic E-state index is 0.801. The molecule has 3 rings (SSSR count). The Balaban J connectivity index is 1.75. The molecule has 0 radical (unpaired) electrons. The van der Waals surface area contributed by atoms with Gasteiger partial charge in [0.1, 0.15) is 0 Å². The third kappa shape index (κ3) is 2.78. The largest absolute Gasteiger partial charge is 0.379 e. The van der Waals surface area contributed by atoms with Crippen LogP contribution in [0.2, 0.25) is 0 Å². The first-order valence-electron chi connectivity index (χ1n) is 7.00. The maximum atomic E-state index is 4.49. The van der Waals surface area contributed by atoms with E-state index >= 15 is 0 Å². The highest BCUT2D eigenvalue weighted by Crippen LogP contribution is 2.41. The van der Waals surface area contributed by atoms with Gasteiger partial charge >= 0.3 is 0 Å². The fraction of sp³-hybridized carbons (Fsp3) is 0.353. The first-order chi connectivity index (χ1) is 9.24. The van der Waals surface area contributed by atoms with Crippen LogP contribution in [0, 0.1) is 13.8 Å². The Morgan fingerprint density at radius 2 is 1.89 bits per heavy atom. The van der Waals surface area contributed by atoms with E-state index in [9.17, 15) is 0 Å². The van der Waals surface area contributed by atoms with Gasteiger partial charge in [0.25, 0.3) is 0 Å². The summed E-state index contributed by atoms with van der Waals surface area (Å²) in [5, 5.41) is 3.52. The standard InChI is InChI=1S/C17H20N2/c1-12-7-10-17(13(2)19-12)18-11-15-5-3-4-6-16(15)14-8-9-14/h3-7,10,14,18H,8-9,11H2,1-2H3. The lowest BCUT2D eigenvalue weighted by Gasteiger charge is -2.12. The molecule has 2 aromatic rings. The van der Waals surface area contributed by atoms with Crippen LogP contribution in [-0.2, 0) is 6.54 Å². The number of nitrogens with one attached hydrogen (secondary N) is 1. The van der Waals surface area contributed by atoms with E-state index in [1.54, 1.807) is 0 Å². The smallest absolute Gasteiger partial charge is 0.0606 e. The van der Waals surface area contributed by atoms with Crippen LogP contribution in [0.25, 0.3) is 0 Å². The van der Waals surface area contributed by atoms with Crippen LogP contribution in [-0.4, -0.2) is 4.98 Å². The van der Waals surface area contributed by atoms with E-state index in [0.29, 0.717) is 0 Å². The van der Waals surface area contributed by atoms with Gasteiger partial charge in [-0.3, -0.25) is 4.98 Å². The highest BCUT2D eigenvalue weighted by atomic mass is 14.9. The maximum Gasteiger partial charge on any atom is 0.0606 e. The van der Waals surface area contributed by atoms with E-state index in [2.05, 4.69) is 53.6 Å². The van der Waals surface area contributed by atoms with Gasteiger partial charge in [0.15, 0.2) is 0 Å². The van der Waals surface area contributed by atoms with Gasteiger partial charge in [-0.05, 0) is 55.9 Å². The zero-order valence-corrected chi connectivity index (χ0v) is 11.6. The van der Waals surface area contributed by atoms with Crippen molar-refractivity contribution in [1.29, 1.82) is 0 Å². The lowest BCUT2D eigenvalue weighted by molar-refractivity contribution is 1.02. The highest BCUT2D eigenvalue weighted by Gasteiger charge is 2.25. The van der Waals surface area contributed by atoms with Crippen molar-refractivity contribution in [2.24, 2.45) is 0 Å². The third-order valence-electron chi connectivity index (χ3n) is 3.77. The molecule has 1 fully saturated rings. The van der Waals surface area contributed by atoms with Gasteiger partial charge in [-0.15, -0.1) is 0 Å². The summed E-state index contributed by atoms with van der Waals surface area (Å²) >= 11 is 0. The summed E-state index contributed by atoms with van der Waals surface area (Å²) < 4.78 is 0. The molecule has 1 N–H and O–H groups in total. The van der Waals surface area contributed by atoms with Gasteiger partial charge in [-0.25, -0.2) is 0 Å². The molecule has 0 saturated heterocycles. The van der Waals surface area contributed by atoms with Crippen LogP contribution in [0.15, 0.2) is 36.4 Å². The number of pyridine rings is 1. The van der Waals surface area contributed by atoms with Crippen molar-refractivity contribution in [3.63, 3.8) is 0 Å². The second-order valence-corrected chi connectivity index (χ2v) is 5.41. The molecule has 98 valence electrons. The van der Waals surface area contributed by atoms with Gasteiger partial charge in [-0.1, -0.05) is 24.3 Å². The molecule has 0 aliphatic heterocycles. The van der Waals surface area contributed by atoms with Gasteiger partial charge in [0, 0.05) is 12.2 Å². The van der Waals surface area contributed by atoms with E-state index in [4.69, 9.17) is 0 Å². The first-order valence-corrected chi connectivity index (χ1v) is 7.00. The molecule has 1 aromatic carbocycles. The minimum absolute atomic E-state index is 0.801. The molecule has 0 amide bonds. The number of anilines is 1. The Bertz CT molecular complexity index is 586. The Kier molecular flexibility index (Phi) is 3.24. The summed E-state index contributed by atoms with van der Waals surface area (Å²) in [7, 11) is 0. The second kappa shape index (κ2) is 5.04. The topological polar surface area (TPSA) is 24.9 Å². The van der Waals surface area contributed by atoms with Gasteiger partial charge in [-0.2, -0.15) is 0 Å². The summed E-state index contributed by atoms with van der Waals surface area (Å²) in [5.41, 5.74) is 6.22. The monoisotopic (exact) mass is 252 g/mol. The SMILES string of the molecule is Cc1ccc(NCc2ccccc2C2CC2)c(C)n1. The quantitative estimate of drug-likeness (QED) is 0.882. The highest BCUT2D eigenvalue weighted by molar-refractivity contribution is 5.49. The molecule has 1 aliphatic rings. The van der Waals surface area contributed by atoms with Crippen LogP contribution in [0.4, 0.5) is 5.69 Å². The molecule has 0 atom stereocenters. The van der Waals surface area contributed by atoms with Gasteiger partial charge < -0.3 is 5.32 Å². The third-order valence-corrected chi connectivity index (χ3v) is 3.77. The predicted molar refractivity (Wildman–Crippen MR) is 79.5 cm³/mol. The molecule has 0 bridgehead atoms. The lowest BCUT2D eigenvalue weighted by Crippen LogP contribution is -2.04. The lowest BCUT2D eigenvalue weighted by atomic mass is 10.0. The van der Waals surface area contributed by atoms with Crippen molar-refractivity contribution in [1.82, 2.24) is 4.98 Å². The summed E-state index contributed by atoms with van der Waals surface area (Å²) in [6.45, 7) is 4.97. The van der Waals surface area contributed by atoms with Crippen molar-refractivity contribution in [3.8, 4) is 0 Å². The first kappa shape index (κ1) is 12.2. The van der Waals surface area contributed by atoms with Crippen molar-refractivity contribution >= 4 is 5.69 Å². The van der Waals surface area contributed by atoms with Crippen LogP contribution < -0.4 is 5.32 Å². The van der Waals surface area contributed by atoms with E-state index in [1.807, 2.05) is 6.92 Å². The number of hydrogen-bond donors (Lipinski definition) is 1. The number of rotatable bonds is 4. The molecule has 19 heavy (non-hydrogen) atoms. The summed E-state index contributed by atoms with van der Waals surface area (Å²) in [6, 6.07) is 13.0. The number of hydrogen-bond acceptors (Lipinski definition) is 2. The average Bonchev–Trinajstić information content (AvgIpc) is 3.22. The molecule has 0 unspecified atom stereocenters. The molecule has 2 heteroatoms. The normalized spacial score (nSPS) is 14.4. The number of nitrogens with zero attached hydrogens (tertiary/aromatic N) is 1. The average molecular weight is 252 g/mol. The summed E-state index contributed by atoms with van der Waals surface area (Å²) in [6.07, 6.45) is 2.70. The van der Waals surface area contributed by atoms with E-state index < -0.39 is 0 Å². The van der Waals surface area contributed by atoms with Crippen LogP contribution >= 0.6 is 0 Å². The zero-order chi connectivity index (χ0) is 13.2. The van der Waals surface area contributed by atoms with Crippen molar-refractivity contribution in [2.75, 3.05) is 5.32 Å². The number of aromatic nitrogens is 1. The molecule has 0 spiro atoms. The molecular formula is C17H20N2. The zero-order valence-electron chi connectivity index (χ0n) is 11.6. The van der Waals surface area contributed by atoms with Crippen LogP contribution in [0.1, 0.15) is 41.3 Å². The maximum absolute atomic E-state index is 4.49. The Morgan fingerprint density at radius 1 is 1.11 bits per heavy atom. The fourth-order valence-corrected chi connectivity index (χ4v) is 2.55. The molecule has 1 aliphatic carbocycles. The molecule has 1 saturated carbocycles. The minimum Gasteiger partial charge on any atom is -0.379 e. The van der Waals surface area contributed by atoms with E-state index in [1.165, 1.54) is 24.0 Å². The number of benzene rings is 1. The fourth-order valence-electron chi connectivity index (χ4n) is 2.55. The molecule has 2 nitrogen and oxygen atoms in total. The number of aryl methyl sites for hydroxylation is 2. The molecule has 1 aromatic heterocycles. The second-order valence-electron chi connectivity index (χ2n) is 5.41. The van der Waals surface area contributed by atoms with E-state index in [-0.39, 0.29) is 0 Å². The van der Waals surface area contributed by atoms with Crippen molar-refractivity contribution in [2.45, 2.75) is 39.2 Å². The van der Waals surface area contributed by atoms with Crippen molar-refractivity contribution < 1.29 is 0 Å². The van der Waals surface area contributed by atoms with Crippen molar-refractivity contribution in [3.05, 3.63) is 58.9 Å². The predicted octanol–water partition coefficient (Wildman–Crippen LogP) is 4.19. The Labute approximate surface area is 114 Å². The molecular weight excluding hydrogens is 232 g/mol. The van der Waals surface area contributed by atoms with Crippen LogP contribution in [0.5, 0.6) is 0 Å². The van der Waals surface area contributed by atoms with Gasteiger partial charge in [0.2, 0.25) is 0 Å².